The number of carboxylic acid groups (broad SMARTS) is 1. The summed E-state index contributed by atoms with van der Waals surface area (Å²) >= 11 is 7.73. The fourth-order valence-electron chi connectivity index (χ4n) is 4.78. The lowest BCUT2D eigenvalue weighted by Gasteiger charge is -2.31. The highest BCUT2D eigenvalue weighted by Gasteiger charge is 2.54. The van der Waals surface area contributed by atoms with Crippen LogP contribution in [0.15, 0.2) is 40.3 Å². The van der Waals surface area contributed by atoms with E-state index in [4.69, 9.17) is 21.3 Å². The van der Waals surface area contributed by atoms with Crippen LogP contribution in [0.5, 0.6) is 0 Å². The molecule has 2 N–H and O–H groups in total. The Kier molecular flexibility index (Phi) is 5.91. The van der Waals surface area contributed by atoms with E-state index in [1.165, 1.54) is 36.6 Å². The number of amidine groups is 1. The lowest BCUT2D eigenvalue weighted by molar-refractivity contribution is -0.142. The number of benzene rings is 1. The summed E-state index contributed by atoms with van der Waals surface area (Å²) in [5, 5.41) is 15.5. The van der Waals surface area contributed by atoms with Crippen molar-refractivity contribution in [1.82, 2.24) is 15.2 Å². The molecule has 1 aromatic heterocycles. The van der Waals surface area contributed by atoms with Crippen LogP contribution < -0.4 is 5.32 Å². The zero-order chi connectivity index (χ0) is 24.0. The molecule has 34 heavy (non-hydrogen) atoms. The van der Waals surface area contributed by atoms with E-state index in [9.17, 15) is 19.1 Å². The fourth-order valence-corrected chi connectivity index (χ4v) is 5.63. The van der Waals surface area contributed by atoms with Gasteiger partial charge in [-0.2, -0.15) is 0 Å². The Balaban J connectivity index is 1.60. The van der Waals surface area contributed by atoms with Crippen LogP contribution in [0.4, 0.5) is 4.39 Å². The standard InChI is InChI=1S/C23H22ClFN4O4S/c1-33-22(32)17-15(10-29-11-23(4-5-23)9-16(29)21(30)31)27-19(20-26-6-7-34-20)28-18(17)13-3-2-12(25)8-14(13)24/h2-3,6-8,15-16H,4-5,9-11H2,1H3,(H,27,28)(H,30,31)/t15-,16-/m0/s1. The highest BCUT2D eigenvalue weighted by atomic mass is 35.5. The van der Waals surface area contributed by atoms with Crippen molar-refractivity contribution < 1.29 is 23.8 Å². The van der Waals surface area contributed by atoms with E-state index in [-0.39, 0.29) is 22.6 Å². The number of carboxylic acids is 1. The number of hydrogen-bond acceptors (Lipinski definition) is 8. The zero-order valence-corrected chi connectivity index (χ0v) is 19.8. The maximum absolute atomic E-state index is 13.8. The molecule has 1 aliphatic carbocycles. The molecule has 0 radical (unpaired) electrons. The molecule has 1 spiro atoms. The molecule has 1 aromatic carbocycles. The van der Waals surface area contributed by atoms with Gasteiger partial charge < -0.3 is 15.2 Å². The van der Waals surface area contributed by atoms with Gasteiger partial charge in [0.05, 0.1) is 29.4 Å². The van der Waals surface area contributed by atoms with Crippen LogP contribution in [0, 0.1) is 11.2 Å². The van der Waals surface area contributed by atoms with Gasteiger partial charge in [0.1, 0.15) is 11.9 Å². The van der Waals surface area contributed by atoms with Crippen molar-refractivity contribution in [2.75, 3.05) is 20.2 Å². The molecular weight excluding hydrogens is 483 g/mol. The summed E-state index contributed by atoms with van der Waals surface area (Å²) in [6.45, 7) is 0.846. The van der Waals surface area contributed by atoms with Gasteiger partial charge in [-0.05, 0) is 42.9 Å². The predicted octanol–water partition coefficient (Wildman–Crippen LogP) is 3.18. The summed E-state index contributed by atoms with van der Waals surface area (Å²) in [6.07, 6.45) is 4.23. The number of aliphatic carboxylic acids is 1. The van der Waals surface area contributed by atoms with E-state index in [0.717, 1.165) is 12.8 Å². The summed E-state index contributed by atoms with van der Waals surface area (Å²) < 4.78 is 18.9. The van der Waals surface area contributed by atoms with E-state index in [2.05, 4.69) is 10.3 Å². The Bertz CT molecular complexity index is 1210. The molecule has 5 rings (SSSR count). The Morgan fingerprint density at radius 3 is 2.82 bits per heavy atom. The molecule has 2 atom stereocenters. The van der Waals surface area contributed by atoms with Gasteiger partial charge >= 0.3 is 11.9 Å². The third kappa shape index (κ3) is 4.21. The van der Waals surface area contributed by atoms with E-state index in [1.807, 2.05) is 4.90 Å². The number of aliphatic imine (C=N–C) groups is 1. The Morgan fingerprint density at radius 1 is 1.41 bits per heavy atom. The summed E-state index contributed by atoms with van der Waals surface area (Å²) in [7, 11) is 1.27. The normalized spacial score (nSPS) is 23.6. The molecule has 11 heteroatoms. The maximum Gasteiger partial charge on any atom is 0.338 e. The molecule has 0 amide bonds. The van der Waals surface area contributed by atoms with E-state index >= 15 is 0 Å². The second-order valence-corrected chi connectivity index (χ2v) is 10.1. The minimum absolute atomic E-state index is 0.0378. The number of nitrogens with zero attached hydrogens (tertiary/aromatic N) is 3. The van der Waals surface area contributed by atoms with Crippen molar-refractivity contribution >= 4 is 46.4 Å². The molecule has 8 nitrogen and oxygen atoms in total. The summed E-state index contributed by atoms with van der Waals surface area (Å²) in [5.74, 6) is -1.59. The van der Waals surface area contributed by atoms with Crippen molar-refractivity contribution in [2.45, 2.75) is 31.3 Å². The molecule has 178 valence electrons. The lowest BCUT2D eigenvalue weighted by atomic mass is 9.97. The van der Waals surface area contributed by atoms with Crippen molar-refractivity contribution in [1.29, 1.82) is 0 Å². The smallest absolute Gasteiger partial charge is 0.338 e. The van der Waals surface area contributed by atoms with E-state index in [0.29, 0.717) is 35.1 Å². The van der Waals surface area contributed by atoms with Crippen LogP contribution >= 0.6 is 22.9 Å². The quantitative estimate of drug-likeness (QED) is 0.582. The van der Waals surface area contributed by atoms with Crippen LogP contribution in [-0.2, 0) is 14.3 Å². The Hall–Kier alpha value is -2.82. The van der Waals surface area contributed by atoms with Gasteiger partial charge in [0.25, 0.3) is 0 Å². The number of nitrogens with one attached hydrogen (secondary N) is 1. The van der Waals surface area contributed by atoms with Crippen molar-refractivity contribution in [2.24, 2.45) is 10.4 Å². The van der Waals surface area contributed by atoms with Gasteiger partial charge in [0.15, 0.2) is 10.8 Å². The first-order chi connectivity index (χ1) is 16.3. The number of carbonyl (C=O) groups is 2. The Labute approximate surface area is 204 Å². The first-order valence-electron chi connectivity index (χ1n) is 10.8. The van der Waals surface area contributed by atoms with Gasteiger partial charge in [-0.15, -0.1) is 11.3 Å². The number of hydrogen-bond donors (Lipinski definition) is 2. The van der Waals surface area contributed by atoms with Crippen LogP contribution in [0.2, 0.25) is 5.02 Å². The largest absolute Gasteiger partial charge is 0.480 e. The van der Waals surface area contributed by atoms with Crippen LogP contribution in [0.3, 0.4) is 0 Å². The highest BCUT2D eigenvalue weighted by molar-refractivity contribution is 7.11. The number of halogens is 2. The monoisotopic (exact) mass is 504 g/mol. The molecule has 2 aromatic rings. The van der Waals surface area contributed by atoms with Crippen molar-refractivity contribution in [3.8, 4) is 0 Å². The highest BCUT2D eigenvalue weighted by Crippen LogP contribution is 2.55. The predicted molar refractivity (Wildman–Crippen MR) is 125 cm³/mol. The zero-order valence-electron chi connectivity index (χ0n) is 18.3. The molecule has 3 aliphatic rings. The van der Waals surface area contributed by atoms with Gasteiger partial charge in [-0.3, -0.25) is 14.7 Å². The topological polar surface area (TPSA) is 104 Å². The number of thiazole rings is 1. The molecule has 1 saturated carbocycles. The second-order valence-electron chi connectivity index (χ2n) is 8.85. The van der Waals surface area contributed by atoms with Gasteiger partial charge in [0.2, 0.25) is 0 Å². The summed E-state index contributed by atoms with van der Waals surface area (Å²) in [5.41, 5.74) is 0.995. The van der Waals surface area contributed by atoms with Crippen LogP contribution in [-0.4, -0.2) is 65.0 Å². The first kappa shape index (κ1) is 22.9. The number of likely N-dealkylation sites (tertiary alicyclic amines) is 1. The molecule has 1 saturated heterocycles. The lowest BCUT2D eigenvalue weighted by Crippen LogP contribution is -2.45. The number of aromatic nitrogens is 1. The van der Waals surface area contributed by atoms with E-state index < -0.39 is 29.8 Å². The number of esters is 1. The minimum Gasteiger partial charge on any atom is -0.480 e. The number of rotatable bonds is 6. The third-order valence-electron chi connectivity index (χ3n) is 6.63. The molecule has 2 aliphatic heterocycles. The number of ether oxygens (including phenoxy) is 1. The molecule has 0 bridgehead atoms. The Morgan fingerprint density at radius 2 is 2.21 bits per heavy atom. The average Bonchev–Trinajstić information content (AvgIpc) is 3.19. The van der Waals surface area contributed by atoms with Gasteiger partial charge in [-0.25, -0.2) is 14.2 Å². The molecule has 3 heterocycles. The minimum atomic E-state index is -0.882. The average molecular weight is 505 g/mol. The summed E-state index contributed by atoms with van der Waals surface area (Å²) in [6, 6.07) is 2.53. The second kappa shape index (κ2) is 8.75. The third-order valence-corrected chi connectivity index (χ3v) is 7.72. The maximum atomic E-state index is 13.8. The number of carbonyl (C=O) groups excluding carboxylic acids is 1. The molecule has 2 fully saturated rings. The summed E-state index contributed by atoms with van der Waals surface area (Å²) in [4.78, 5) is 36.0. The van der Waals surface area contributed by atoms with E-state index in [1.54, 1.807) is 11.6 Å². The SMILES string of the molecule is COC(=O)C1=C(c2ccc(F)cc2Cl)NC(c2nccs2)=N[C@H]1CN1CC2(CC2)C[C@H]1C(=O)O. The number of methoxy groups -OCH3 is 1. The van der Waals surface area contributed by atoms with Crippen molar-refractivity contribution in [3.63, 3.8) is 0 Å². The van der Waals surface area contributed by atoms with Gasteiger partial charge in [-0.1, -0.05) is 11.6 Å². The van der Waals surface area contributed by atoms with Crippen LogP contribution in [0.25, 0.3) is 5.70 Å². The van der Waals surface area contributed by atoms with Crippen LogP contribution in [0.1, 0.15) is 29.8 Å². The molecular formula is C23H22ClFN4O4S. The molecule has 0 unspecified atom stereocenters. The fraction of sp³-hybridized carbons (Fsp3) is 0.391. The van der Waals surface area contributed by atoms with Gasteiger partial charge in [0, 0.05) is 30.2 Å². The van der Waals surface area contributed by atoms with Crippen molar-refractivity contribution in [3.05, 3.63) is 56.8 Å². The first-order valence-corrected chi connectivity index (χ1v) is 12.1.